The van der Waals surface area contributed by atoms with Crippen molar-refractivity contribution in [2.75, 3.05) is 13.4 Å². The largest absolute Gasteiger partial charge is 0.468 e. The van der Waals surface area contributed by atoms with Gasteiger partial charge in [-0.15, -0.1) is 0 Å². The molecule has 3 unspecified atom stereocenters. The molecule has 0 bridgehead atoms. The average Bonchev–Trinajstić information content (AvgIpc) is 2.74. The van der Waals surface area contributed by atoms with Crippen LogP contribution in [0.4, 0.5) is 4.79 Å². The van der Waals surface area contributed by atoms with Gasteiger partial charge in [-0.3, -0.25) is 4.90 Å². The smallest absolute Gasteiger partial charge is 0.410 e. The van der Waals surface area contributed by atoms with Gasteiger partial charge in [0.1, 0.15) is 18.5 Å². The Morgan fingerprint density at radius 2 is 1.79 bits per heavy atom. The molecule has 2 aromatic carbocycles. The number of hydrogen-bond donors (Lipinski definition) is 0. The zero-order valence-electron chi connectivity index (χ0n) is 16.6. The van der Waals surface area contributed by atoms with Gasteiger partial charge < -0.3 is 14.2 Å². The van der Waals surface area contributed by atoms with Gasteiger partial charge in [0.05, 0.1) is 12.1 Å². The molecule has 1 aliphatic heterocycles. The van der Waals surface area contributed by atoms with Crippen molar-refractivity contribution in [1.82, 2.24) is 4.90 Å². The number of hydrogen-bond acceptors (Lipinski definition) is 4. The number of ether oxygens (including phenoxy) is 3. The van der Waals surface area contributed by atoms with Crippen LogP contribution in [-0.2, 0) is 9.47 Å². The van der Waals surface area contributed by atoms with Crippen LogP contribution in [0.2, 0.25) is 0 Å². The van der Waals surface area contributed by atoms with E-state index in [1.807, 2.05) is 72.5 Å². The standard InChI is InChI=1S/C23H29NO4/c1-3-4-15-21-22(28-17-27-20-13-9-6-10-14-20)16-26-23(25)24(21)18(2)19-11-7-5-8-12-19/h5-14,18,21-22H,3-4,15-17H2,1-2H3. The first kappa shape index (κ1) is 20.2. The van der Waals surface area contributed by atoms with Crippen molar-refractivity contribution in [3.63, 3.8) is 0 Å². The Kier molecular flexibility index (Phi) is 7.31. The van der Waals surface area contributed by atoms with Crippen molar-refractivity contribution in [2.24, 2.45) is 0 Å². The molecule has 0 radical (unpaired) electrons. The van der Waals surface area contributed by atoms with Crippen LogP contribution in [-0.4, -0.2) is 36.5 Å². The van der Waals surface area contributed by atoms with Crippen molar-refractivity contribution in [2.45, 2.75) is 51.3 Å². The van der Waals surface area contributed by atoms with Crippen molar-refractivity contribution in [3.05, 3.63) is 66.2 Å². The number of carbonyl (C=O) groups is 1. The highest BCUT2D eigenvalue weighted by atomic mass is 16.7. The second-order valence-electron chi connectivity index (χ2n) is 7.06. The number of cyclic esters (lactones) is 1. The second-order valence-corrected chi connectivity index (χ2v) is 7.06. The van der Waals surface area contributed by atoms with Gasteiger partial charge in [-0.2, -0.15) is 0 Å². The lowest BCUT2D eigenvalue weighted by molar-refractivity contribution is -0.122. The van der Waals surface area contributed by atoms with Gasteiger partial charge in [-0.1, -0.05) is 68.3 Å². The van der Waals surface area contributed by atoms with Crippen molar-refractivity contribution in [1.29, 1.82) is 0 Å². The molecule has 0 N–H and O–H groups in total. The molecule has 1 heterocycles. The van der Waals surface area contributed by atoms with E-state index in [0.29, 0.717) is 0 Å². The van der Waals surface area contributed by atoms with Crippen molar-refractivity contribution >= 4 is 6.09 Å². The van der Waals surface area contributed by atoms with E-state index in [1.54, 1.807) is 0 Å². The minimum atomic E-state index is -0.277. The quantitative estimate of drug-likeness (QED) is 0.560. The van der Waals surface area contributed by atoms with Crippen LogP contribution < -0.4 is 4.74 Å². The SMILES string of the molecule is CCCCC1C(OCOc2ccccc2)COC(=O)N1C(C)c1ccccc1. The van der Waals surface area contributed by atoms with E-state index in [4.69, 9.17) is 14.2 Å². The molecule has 1 aliphatic rings. The third-order valence-corrected chi connectivity index (χ3v) is 5.17. The summed E-state index contributed by atoms with van der Waals surface area (Å²) < 4.78 is 17.2. The van der Waals surface area contributed by atoms with E-state index in [-0.39, 0.29) is 37.7 Å². The second kappa shape index (κ2) is 10.1. The maximum Gasteiger partial charge on any atom is 0.410 e. The summed E-state index contributed by atoms with van der Waals surface area (Å²) >= 11 is 0. The van der Waals surface area contributed by atoms with Gasteiger partial charge in [0.2, 0.25) is 0 Å². The average molecular weight is 383 g/mol. The van der Waals surface area contributed by atoms with Crippen LogP contribution >= 0.6 is 0 Å². The Bertz CT molecular complexity index is 722. The Hall–Kier alpha value is -2.53. The fraction of sp³-hybridized carbons (Fsp3) is 0.435. The summed E-state index contributed by atoms with van der Waals surface area (Å²) in [5.41, 5.74) is 1.09. The summed E-state index contributed by atoms with van der Waals surface area (Å²) in [4.78, 5) is 14.5. The van der Waals surface area contributed by atoms with Gasteiger partial charge in [-0.25, -0.2) is 4.79 Å². The summed E-state index contributed by atoms with van der Waals surface area (Å²) in [5.74, 6) is 0.759. The molecule has 0 saturated carbocycles. The van der Waals surface area contributed by atoms with Crippen LogP contribution in [0.15, 0.2) is 60.7 Å². The van der Waals surface area contributed by atoms with Crippen LogP contribution in [0.3, 0.4) is 0 Å². The maximum absolute atomic E-state index is 12.6. The van der Waals surface area contributed by atoms with Gasteiger partial charge in [0, 0.05) is 0 Å². The van der Waals surface area contributed by atoms with Crippen LogP contribution in [0.25, 0.3) is 0 Å². The number of carbonyl (C=O) groups excluding carboxylic acids is 1. The number of rotatable bonds is 9. The Balaban J connectivity index is 1.71. The minimum absolute atomic E-state index is 0.0456. The molecule has 0 aromatic heterocycles. The van der Waals surface area contributed by atoms with E-state index >= 15 is 0 Å². The molecule has 1 amide bonds. The first-order valence-corrected chi connectivity index (χ1v) is 10.00. The van der Waals surface area contributed by atoms with E-state index in [0.717, 1.165) is 30.6 Å². The van der Waals surface area contributed by atoms with Crippen LogP contribution in [0, 0.1) is 0 Å². The summed E-state index contributed by atoms with van der Waals surface area (Å²) in [7, 11) is 0. The van der Waals surface area contributed by atoms with Gasteiger partial charge in [0.25, 0.3) is 0 Å². The highest BCUT2D eigenvalue weighted by Crippen LogP contribution is 2.31. The monoisotopic (exact) mass is 383 g/mol. The first-order valence-electron chi connectivity index (χ1n) is 10.00. The Morgan fingerprint density at radius 3 is 2.46 bits per heavy atom. The molecule has 5 heteroatoms. The molecule has 2 aromatic rings. The molecular formula is C23H29NO4. The number of benzene rings is 2. The maximum atomic E-state index is 12.6. The normalized spacial score (nSPS) is 20.5. The number of unbranched alkanes of at least 4 members (excludes halogenated alkanes) is 1. The third-order valence-electron chi connectivity index (χ3n) is 5.17. The summed E-state index contributed by atoms with van der Waals surface area (Å²) in [5, 5.41) is 0. The molecule has 0 spiro atoms. The molecule has 3 atom stereocenters. The van der Waals surface area contributed by atoms with Crippen molar-refractivity contribution in [3.8, 4) is 5.75 Å². The van der Waals surface area contributed by atoms with Crippen molar-refractivity contribution < 1.29 is 19.0 Å². The number of nitrogens with zero attached hydrogens (tertiary/aromatic N) is 1. The molecule has 1 saturated heterocycles. The summed E-state index contributed by atoms with van der Waals surface area (Å²) in [6, 6.07) is 19.5. The summed E-state index contributed by atoms with van der Waals surface area (Å²) in [6.07, 6.45) is 2.46. The topological polar surface area (TPSA) is 48.0 Å². The van der Waals surface area contributed by atoms with Crippen LogP contribution in [0.5, 0.6) is 5.75 Å². The fourth-order valence-corrected chi connectivity index (χ4v) is 3.59. The zero-order valence-corrected chi connectivity index (χ0v) is 16.6. The van der Waals surface area contributed by atoms with E-state index in [2.05, 4.69) is 6.92 Å². The van der Waals surface area contributed by atoms with Gasteiger partial charge in [0.15, 0.2) is 6.79 Å². The molecule has 1 fully saturated rings. The number of amides is 1. The molecule has 28 heavy (non-hydrogen) atoms. The minimum Gasteiger partial charge on any atom is -0.468 e. The van der Waals surface area contributed by atoms with E-state index in [1.165, 1.54) is 0 Å². The predicted molar refractivity (Wildman–Crippen MR) is 108 cm³/mol. The third kappa shape index (κ3) is 5.04. The van der Waals surface area contributed by atoms with Crippen LogP contribution in [0.1, 0.15) is 44.7 Å². The highest BCUT2D eigenvalue weighted by Gasteiger charge is 2.40. The van der Waals surface area contributed by atoms with Gasteiger partial charge in [-0.05, 0) is 31.0 Å². The lowest BCUT2D eigenvalue weighted by atomic mass is 9.97. The Labute approximate surface area is 167 Å². The molecule has 0 aliphatic carbocycles. The lowest BCUT2D eigenvalue weighted by Crippen LogP contribution is -2.55. The first-order chi connectivity index (χ1) is 13.7. The molecular weight excluding hydrogens is 354 g/mol. The molecule has 3 rings (SSSR count). The van der Waals surface area contributed by atoms with Gasteiger partial charge >= 0.3 is 6.09 Å². The predicted octanol–water partition coefficient (Wildman–Crippen LogP) is 5.18. The Morgan fingerprint density at radius 1 is 1.11 bits per heavy atom. The zero-order chi connectivity index (χ0) is 19.8. The molecule has 5 nitrogen and oxygen atoms in total. The van der Waals surface area contributed by atoms with E-state index < -0.39 is 0 Å². The number of para-hydroxylation sites is 1. The highest BCUT2D eigenvalue weighted by molar-refractivity contribution is 5.69. The fourth-order valence-electron chi connectivity index (χ4n) is 3.59. The summed E-state index contributed by atoms with van der Waals surface area (Å²) in [6.45, 7) is 4.57. The molecule has 150 valence electrons. The lowest BCUT2D eigenvalue weighted by Gasteiger charge is -2.43. The van der Waals surface area contributed by atoms with E-state index in [9.17, 15) is 4.79 Å².